The molecule has 0 bridgehead atoms. The number of hydrogen-bond donors (Lipinski definition) is 0. The molecule has 1 atom stereocenters. The molecule has 134 valence electrons. The molecule has 3 rings (SSSR count). The van der Waals surface area contributed by atoms with Gasteiger partial charge in [0.05, 0.1) is 24.8 Å². The number of ether oxygens (including phenoxy) is 1. The first kappa shape index (κ1) is 17.6. The van der Waals surface area contributed by atoms with Gasteiger partial charge in [-0.2, -0.15) is 5.26 Å². The zero-order valence-electron chi connectivity index (χ0n) is 14.7. The van der Waals surface area contributed by atoms with Crippen LogP contribution in [-0.4, -0.2) is 79.2 Å². The summed E-state index contributed by atoms with van der Waals surface area (Å²) in [6, 6.07) is 5.80. The molecule has 0 radical (unpaired) electrons. The van der Waals surface area contributed by atoms with Gasteiger partial charge in [0.25, 0.3) is 0 Å². The third kappa shape index (κ3) is 4.47. The Hall–Kier alpha value is -2.17. The van der Waals surface area contributed by atoms with Crippen molar-refractivity contribution in [1.82, 2.24) is 14.8 Å². The third-order valence-corrected chi connectivity index (χ3v) is 4.75. The van der Waals surface area contributed by atoms with Crippen molar-refractivity contribution >= 4 is 11.7 Å². The number of carbonyl (C=O) groups excluding carboxylic acids is 1. The summed E-state index contributed by atoms with van der Waals surface area (Å²) in [5.41, 5.74) is 0.606. The van der Waals surface area contributed by atoms with E-state index in [4.69, 9.17) is 4.74 Å². The van der Waals surface area contributed by atoms with E-state index in [0.29, 0.717) is 31.8 Å². The molecule has 7 nitrogen and oxygen atoms in total. The molecular formula is C18H25N5O2. The smallest absolute Gasteiger partial charge is 0.236 e. The zero-order chi connectivity index (χ0) is 17.6. The Morgan fingerprint density at radius 3 is 3.04 bits per heavy atom. The Bertz CT molecular complexity index is 645. The highest BCUT2D eigenvalue weighted by Crippen LogP contribution is 2.18. The van der Waals surface area contributed by atoms with E-state index in [1.807, 2.05) is 11.8 Å². The first-order valence-electron chi connectivity index (χ1n) is 8.89. The maximum atomic E-state index is 12.5. The van der Waals surface area contributed by atoms with Gasteiger partial charge >= 0.3 is 0 Å². The number of aromatic nitrogens is 1. The van der Waals surface area contributed by atoms with Crippen molar-refractivity contribution in [2.24, 2.45) is 0 Å². The first-order chi connectivity index (χ1) is 12.2. The van der Waals surface area contributed by atoms with Crippen LogP contribution in [0.4, 0.5) is 5.82 Å². The van der Waals surface area contributed by atoms with Crippen molar-refractivity contribution < 1.29 is 9.53 Å². The quantitative estimate of drug-likeness (QED) is 0.805. The second-order valence-electron chi connectivity index (χ2n) is 6.62. The van der Waals surface area contributed by atoms with Gasteiger partial charge in [-0.15, -0.1) is 0 Å². The summed E-state index contributed by atoms with van der Waals surface area (Å²) in [6.45, 7) is 7.75. The van der Waals surface area contributed by atoms with Crippen LogP contribution in [0.15, 0.2) is 18.3 Å². The molecule has 0 saturated carbocycles. The molecule has 0 aliphatic carbocycles. The van der Waals surface area contributed by atoms with Crippen LogP contribution in [0.5, 0.6) is 0 Å². The van der Waals surface area contributed by atoms with Gasteiger partial charge in [-0.3, -0.25) is 9.69 Å². The normalized spacial score (nSPS) is 22.3. The maximum Gasteiger partial charge on any atom is 0.236 e. The van der Waals surface area contributed by atoms with E-state index in [1.54, 1.807) is 18.3 Å². The van der Waals surface area contributed by atoms with Gasteiger partial charge in [0.1, 0.15) is 11.9 Å². The molecule has 1 aromatic rings. The minimum Gasteiger partial charge on any atom is -0.375 e. The Morgan fingerprint density at radius 1 is 1.36 bits per heavy atom. The SMILES string of the molecule is CC1CN(C(=O)CN2CCCN(c3ncccc3C#N)CC2)CCO1. The predicted octanol–water partition coefficient (Wildman–Crippen LogP) is 0.713. The van der Waals surface area contributed by atoms with E-state index in [-0.39, 0.29) is 12.0 Å². The fourth-order valence-corrected chi connectivity index (χ4v) is 3.41. The molecule has 0 N–H and O–H groups in total. The first-order valence-corrected chi connectivity index (χ1v) is 8.89. The molecule has 25 heavy (non-hydrogen) atoms. The number of nitriles is 1. The number of anilines is 1. The molecule has 1 amide bonds. The molecule has 7 heteroatoms. The van der Waals surface area contributed by atoms with Crippen LogP contribution < -0.4 is 4.90 Å². The molecule has 0 spiro atoms. The fourth-order valence-electron chi connectivity index (χ4n) is 3.41. The van der Waals surface area contributed by atoms with Crippen LogP contribution >= 0.6 is 0 Å². The van der Waals surface area contributed by atoms with Crippen molar-refractivity contribution in [1.29, 1.82) is 5.26 Å². The van der Waals surface area contributed by atoms with Crippen LogP contribution in [0.1, 0.15) is 18.9 Å². The number of nitrogens with zero attached hydrogens (tertiary/aromatic N) is 5. The van der Waals surface area contributed by atoms with E-state index in [1.165, 1.54) is 0 Å². The third-order valence-electron chi connectivity index (χ3n) is 4.75. The molecular weight excluding hydrogens is 318 g/mol. The van der Waals surface area contributed by atoms with Crippen molar-refractivity contribution in [3.8, 4) is 6.07 Å². The lowest BCUT2D eigenvalue weighted by Gasteiger charge is -2.32. The van der Waals surface area contributed by atoms with E-state index < -0.39 is 0 Å². The summed E-state index contributed by atoms with van der Waals surface area (Å²) in [5.74, 6) is 0.930. The van der Waals surface area contributed by atoms with Gasteiger partial charge in [-0.1, -0.05) is 0 Å². The largest absolute Gasteiger partial charge is 0.375 e. The standard InChI is InChI=1S/C18H25N5O2/c1-15-13-23(10-11-25-15)17(24)14-21-6-3-7-22(9-8-21)18-16(12-19)4-2-5-20-18/h2,4-5,15H,3,6-11,13-14H2,1H3. The molecule has 1 unspecified atom stereocenters. The van der Waals surface area contributed by atoms with Crippen LogP contribution in [0, 0.1) is 11.3 Å². The Morgan fingerprint density at radius 2 is 2.24 bits per heavy atom. The summed E-state index contributed by atoms with van der Waals surface area (Å²) in [4.78, 5) is 23.2. The number of carbonyl (C=O) groups is 1. The van der Waals surface area contributed by atoms with Crippen LogP contribution in [-0.2, 0) is 9.53 Å². The van der Waals surface area contributed by atoms with Gasteiger partial charge in [0, 0.05) is 45.5 Å². The molecule has 2 saturated heterocycles. The number of morpholine rings is 1. The summed E-state index contributed by atoms with van der Waals surface area (Å²) < 4.78 is 5.51. The van der Waals surface area contributed by atoms with Crippen molar-refractivity contribution in [3.63, 3.8) is 0 Å². The number of rotatable bonds is 3. The van der Waals surface area contributed by atoms with Crippen molar-refractivity contribution in [2.75, 3.05) is 57.3 Å². The lowest BCUT2D eigenvalue weighted by Crippen LogP contribution is -2.48. The van der Waals surface area contributed by atoms with Gasteiger partial charge in [0.15, 0.2) is 0 Å². The second-order valence-corrected chi connectivity index (χ2v) is 6.62. The molecule has 2 fully saturated rings. The number of pyridine rings is 1. The average Bonchev–Trinajstić information content (AvgIpc) is 2.87. The van der Waals surface area contributed by atoms with E-state index in [0.717, 1.165) is 38.4 Å². The van der Waals surface area contributed by atoms with Gasteiger partial charge in [0.2, 0.25) is 5.91 Å². The summed E-state index contributed by atoms with van der Waals surface area (Å²) in [6.07, 6.45) is 2.79. The Kier molecular flexibility index (Phi) is 5.84. The van der Waals surface area contributed by atoms with Crippen LogP contribution in [0.3, 0.4) is 0 Å². The summed E-state index contributed by atoms with van der Waals surface area (Å²) in [7, 11) is 0. The molecule has 2 aliphatic rings. The van der Waals surface area contributed by atoms with Gasteiger partial charge < -0.3 is 14.5 Å². The second kappa shape index (κ2) is 8.28. The Labute approximate surface area is 148 Å². The van der Waals surface area contributed by atoms with Gasteiger partial charge in [-0.25, -0.2) is 4.98 Å². The lowest BCUT2D eigenvalue weighted by molar-refractivity contribution is -0.139. The minimum absolute atomic E-state index is 0.117. The predicted molar refractivity (Wildman–Crippen MR) is 94.2 cm³/mol. The van der Waals surface area contributed by atoms with E-state index in [2.05, 4.69) is 20.9 Å². The zero-order valence-corrected chi connectivity index (χ0v) is 14.7. The molecule has 2 aliphatic heterocycles. The minimum atomic E-state index is 0.117. The summed E-state index contributed by atoms with van der Waals surface area (Å²) in [5, 5.41) is 9.27. The van der Waals surface area contributed by atoms with Crippen molar-refractivity contribution in [3.05, 3.63) is 23.9 Å². The maximum absolute atomic E-state index is 12.5. The average molecular weight is 343 g/mol. The Balaban J connectivity index is 1.56. The van der Waals surface area contributed by atoms with Gasteiger partial charge in [-0.05, 0) is 25.5 Å². The summed E-state index contributed by atoms with van der Waals surface area (Å²) >= 11 is 0. The van der Waals surface area contributed by atoms with E-state index in [9.17, 15) is 10.1 Å². The highest BCUT2D eigenvalue weighted by molar-refractivity contribution is 5.78. The topological polar surface area (TPSA) is 72.7 Å². The number of amides is 1. The molecule has 1 aromatic heterocycles. The molecule has 3 heterocycles. The monoisotopic (exact) mass is 343 g/mol. The van der Waals surface area contributed by atoms with E-state index >= 15 is 0 Å². The fraction of sp³-hybridized carbons (Fsp3) is 0.611. The molecule has 0 aromatic carbocycles. The van der Waals surface area contributed by atoms with Crippen molar-refractivity contribution in [2.45, 2.75) is 19.4 Å². The number of hydrogen-bond acceptors (Lipinski definition) is 6. The highest BCUT2D eigenvalue weighted by Gasteiger charge is 2.24. The lowest BCUT2D eigenvalue weighted by atomic mass is 10.2. The highest BCUT2D eigenvalue weighted by atomic mass is 16.5. The van der Waals surface area contributed by atoms with Crippen LogP contribution in [0.2, 0.25) is 0 Å². The van der Waals surface area contributed by atoms with Crippen LogP contribution in [0.25, 0.3) is 0 Å².